The number of carbonyl (C=O) groups is 1. The van der Waals surface area contributed by atoms with Gasteiger partial charge in [-0.05, 0) is 36.0 Å². The van der Waals surface area contributed by atoms with Gasteiger partial charge < -0.3 is 4.90 Å². The van der Waals surface area contributed by atoms with Crippen molar-refractivity contribution in [3.8, 4) is 0 Å². The Morgan fingerprint density at radius 3 is 2.55 bits per heavy atom. The summed E-state index contributed by atoms with van der Waals surface area (Å²) in [6.07, 6.45) is -2.08. The van der Waals surface area contributed by atoms with Gasteiger partial charge in [0.2, 0.25) is 0 Å². The first-order chi connectivity index (χ1) is 9.41. The third kappa shape index (κ3) is 3.45. The van der Waals surface area contributed by atoms with Crippen molar-refractivity contribution in [2.45, 2.75) is 38.5 Å². The Balaban J connectivity index is 2.04. The number of benzene rings is 1. The van der Waals surface area contributed by atoms with Crippen LogP contribution in [0.15, 0.2) is 18.2 Å². The molecule has 0 fully saturated rings. The predicted octanol–water partition coefficient (Wildman–Crippen LogP) is 3.65. The molecule has 110 valence electrons. The molecule has 1 heterocycles. The Morgan fingerprint density at radius 1 is 1.20 bits per heavy atom. The topological polar surface area (TPSA) is 20.3 Å². The van der Waals surface area contributed by atoms with Crippen LogP contribution in [0.2, 0.25) is 0 Å². The summed E-state index contributed by atoms with van der Waals surface area (Å²) in [5, 5.41) is 0. The van der Waals surface area contributed by atoms with E-state index in [9.17, 15) is 18.0 Å². The summed E-state index contributed by atoms with van der Waals surface area (Å²) in [4.78, 5) is 12.1. The maximum absolute atomic E-state index is 12.4. The number of unbranched alkanes of at least 4 members (excludes halogenated alkanes) is 1. The van der Waals surface area contributed by atoms with Crippen molar-refractivity contribution < 1.29 is 18.0 Å². The fourth-order valence-corrected chi connectivity index (χ4v) is 2.54. The van der Waals surface area contributed by atoms with Crippen LogP contribution >= 0.6 is 11.6 Å². The van der Waals surface area contributed by atoms with Crippen molar-refractivity contribution in [3.05, 3.63) is 34.9 Å². The first kappa shape index (κ1) is 15.2. The van der Waals surface area contributed by atoms with Crippen LogP contribution in [0.5, 0.6) is 0 Å². The van der Waals surface area contributed by atoms with Crippen molar-refractivity contribution in [1.82, 2.24) is 4.90 Å². The molecule has 0 unspecified atom stereocenters. The molecule has 0 saturated heterocycles. The van der Waals surface area contributed by atoms with Crippen molar-refractivity contribution >= 4 is 17.5 Å². The zero-order valence-electron chi connectivity index (χ0n) is 10.8. The van der Waals surface area contributed by atoms with E-state index in [1.807, 2.05) is 18.2 Å². The summed E-state index contributed by atoms with van der Waals surface area (Å²) in [7, 11) is 0. The van der Waals surface area contributed by atoms with E-state index in [1.54, 1.807) is 0 Å². The predicted molar refractivity (Wildman–Crippen MR) is 70.4 cm³/mol. The summed E-state index contributed by atoms with van der Waals surface area (Å²) in [6.45, 7) is 0.0761. The highest BCUT2D eigenvalue weighted by atomic mass is 35.5. The average Bonchev–Trinajstić information content (AvgIpc) is 2.80. The number of nitrogens with zero attached hydrogens (tertiary/aromatic N) is 1. The van der Waals surface area contributed by atoms with Crippen LogP contribution in [0.25, 0.3) is 0 Å². The molecule has 0 atom stereocenters. The average molecular weight is 306 g/mol. The number of alkyl halides is 4. The Labute approximate surface area is 120 Å². The molecule has 0 bridgehead atoms. The van der Waals surface area contributed by atoms with E-state index in [0.717, 1.165) is 40.9 Å². The van der Waals surface area contributed by atoms with E-state index in [1.165, 1.54) is 0 Å². The number of halogens is 4. The molecule has 1 amide bonds. The van der Waals surface area contributed by atoms with Gasteiger partial charge in [0.05, 0.1) is 0 Å². The summed E-state index contributed by atoms with van der Waals surface area (Å²) >= 11 is 5.61. The van der Waals surface area contributed by atoms with Gasteiger partial charge in [-0.15, -0.1) is 11.6 Å². The Kier molecular flexibility index (Phi) is 4.58. The largest absolute Gasteiger partial charge is 0.471 e. The third-order valence-corrected chi connectivity index (χ3v) is 3.64. The van der Waals surface area contributed by atoms with Crippen molar-refractivity contribution in [2.75, 3.05) is 5.88 Å². The molecule has 0 aromatic heterocycles. The van der Waals surface area contributed by atoms with E-state index >= 15 is 0 Å². The second-order valence-corrected chi connectivity index (χ2v) is 5.29. The number of rotatable bonds is 4. The summed E-state index contributed by atoms with van der Waals surface area (Å²) in [6, 6.07) is 5.62. The van der Waals surface area contributed by atoms with Crippen LogP contribution in [-0.2, 0) is 24.3 Å². The van der Waals surface area contributed by atoms with Crippen molar-refractivity contribution in [1.29, 1.82) is 0 Å². The van der Waals surface area contributed by atoms with E-state index in [0.29, 0.717) is 5.88 Å². The van der Waals surface area contributed by atoms with Crippen LogP contribution in [0.1, 0.15) is 29.5 Å². The van der Waals surface area contributed by atoms with Gasteiger partial charge in [0.1, 0.15) is 0 Å². The summed E-state index contributed by atoms with van der Waals surface area (Å²) in [5.41, 5.74) is 2.69. The highest BCUT2D eigenvalue weighted by molar-refractivity contribution is 6.17. The number of hydrogen-bond donors (Lipinski definition) is 0. The molecule has 2 nitrogen and oxygen atoms in total. The number of amides is 1. The number of carbonyl (C=O) groups excluding carboxylic acids is 1. The van der Waals surface area contributed by atoms with Crippen LogP contribution in [0.3, 0.4) is 0 Å². The lowest BCUT2D eigenvalue weighted by Crippen LogP contribution is -2.37. The molecule has 2 rings (SSSR count). The molecule has 0 radical (unpaired) electrons. The molecular formula is C14H15ClF3NO. The molecule has 1 aromatic carbocycles. The fourth-order valence-electron chi connectivity index (χ4n) is 2.35. The summed E-state index contributed by atoms with van der Waals surface area (Å²) in [5.74, 6) is -1.16. The van der Waals surface area contributed by atoms with Gasteiger partial charge >= 0.3 is 12.1 Å². The second kappa shape index (κ2) is 6.04. The smallest absolute Gasteiger partial charge is 0.326 e. The zero-order valence-corrected chi connectivity index (χ0v) is 11.6. The van der Waals surface area contributed by atoms with E-state index < -0.39 is 12.1 Å². The quantitative estimate of drug-likeness (QED) is 0.614. The van der Waals surface area contributed by atoms with Crippen molar-refractivity contribution in [2.24, 2.45) is 0 Å². The lowest BCUT2D eigenvalue weighted by Gasteiger charge is -2.16. The minimum absolute atomic E-state index is 0.0373. The molecule has 0 spiro atoms. The minimum Gasteiger partial charge on any atom is -0.326 e. The first-order valence-corrected chi connectivity index (χ1v) is 6.98. The molecule has 1 aromatic rings. The van der Waals surface area contributed by atoms with Crippen LogP contribution in [0, 0.1) is 0 Å². The first-order valence-electron chi connectivity index (χ1n) is 6.44. The number of hydrogen-bond acceptors (Lipinski definition) is 1. The van der Waals surface area contributed by atoms with Gasteiger partial charge in [-0.3, -0.25) is 4.79 Å². The van der Waals surface area contributed by atoms with E-state index in [-0.39, 0.29) is 13.1 Å². The summed E-state index contributed by atoms with van der Waals surface area (Å²) < 4.78 is 37.2. The SMILES string of the molecule is O=C(N1Cc2ccc(CCCCCl)cc2C1)C(F)(F)F. The molecular weight excluding hydrogens is 291 g/mol. The molecule has 0 saturated carbocycles. The highest BCUT2D eigenvalue weighted by Crippen LogP contribution is 2.28. The standard InChI is InChI=1S/C14H15ClF3NO/c15-6-2-1-3-10-4-5-11-8-19(9-12(11)7-10)13(20)14(16,17)18/h4-5,7H,1-3,6,8-9H2. The monoisotopic (exact) mass is 305 g/mol. The Bertz CT molecular complexity index is 502. The van der Waals surface area contributed by atoms with Gasteiger partial charge in [0.25, 0.3) is 0 Å². The maximum Gasteiger partial charge on any atom is 0.471 e. The third-order valence-electron chi connectivity index (χ3n) is 3.37. The van der Waals surface area contributed by atoms with Gasteiger partial charge in [-0.2, -0.15) is 13.2 Å². The number of aryl methyl sites for hydroxylation is 1. The van der Waals surface area contributed by atoms with Gasteiger partial charge in [-0.1, -0.05) is 18.2 Å². The second-order valence-electron chi connectivity index (χ2n) is 4.91. The number of fused-ring (bicyclic) bond motifs is 1. The lowest BCUT2D eigenvalue weighted by atomic mass is 10.0. The van der Waals surface area contributed by atoms with E-state index in [2.05, 4.69) is 0 Å². The van der Waals surface area contributed by atoms with Gasteiger partial charge in [0.15, 0.2) is 0 Å². The van der Waals surface area contributed by atoms with Crippen LogP contribution in [-0.4, -0.2) is 22.9 Å². The molecule has 1 aliphatic rings. The van der Waals surface area contributed by atoms with Crippen LogP contribution < -0.4 is 0 Å². The van der Waals surface area contributed by atoms with Gasteiger partial charge in [-0.25, -0.2) is 0 Å². The van der Waals surface area contributed by atoms with Crippen LogP contribution in [0.4, 0.5) is 13.2 Å². The van der Waals surface area contributed by atoms with Gasteiger partial charge in [0, 0.05) is 19.0 Å². The Morgan fingerprint density at radius 2 is 1.90 bits per heavy atom. The molecule has 0 N–H and O–H groups in total. The highest BCUT2D eigenvalue weighted by Gasteiger charge is 2.43. The zero-order chi connectivity index (χ0) is 14.8. The lowest BCUT2D eigenvalue weighted by molar-refractivity contribution is -0.186. The van der Waals surface area contributed by atoms with E-state index in [4.69, 9.17) is 11.6 Å². The Hall–Kier alpha value is -1.23. The minimum atomic E-state index is -4.80. The van der Waals surface area contributed by atoms with Crippen molar-refractivity contribution in [3.63, 3.8) is 0 Å². The maximum atomic E-state index is 12.4. The normalized spacial score (nSPS) is 14.5. The molecule has 0 aliphatic carbocycles. The molecule has 6 heteroatoms. The molecule has 1 aliphatic heterocycles. The molecule has 20 heavy (non-hydrogen) atoms. The fraction of sp³-hybridized carbons (Fsp3) is 0.500.